The minimum Gasteiger partial charge on any atom is -0.475 e. The lowest BCUT2D eigenvalue weighted by molar-refractivity contribution is -0.384. The van der Waals surface area contributed by atoms with E-state index in [4.69, 9.17) is 9.84 Å². The van der Waals surface area contributed by atoms with Crippen LogP contribution in [0.15, 0.2) is 30.0 Å². The van der Waals surface area contributed by atoms with Crippen LogP contribution in [0.3, 0.4) is 0 Å². The maximum atomic E-state index is 10.4. The van der Waals surface area contributed by atoms with E-state index in [1.807, 2.05) is 0 Å². The molecule has 0 saturated carbocycles. The SMILES string of the molecule is O=C(O)C1=C(c2ccc([N+](=O)[O-])cc2)O1. The van der Waals surface area contributed by atoms with E-state index in [9.17, 15) is 14.9 Å². The van der Waals surface area contributed by atoms with E-state index < -0.39 is 10.9 Å². The molecule has 6 nitrogen and oxygen atoms in total. The Balaban J connectivity index is 2.27. The average molecular weight is 207 g/mol. The molecular formula is C9H5NO5. The van der Waals surface area contributed by atoms with E-state index in [1.165, 1.54) is 24.3 Å². The molecule has 0 fully saturated rings. The van der Waals surface area contributed by atoms with Crippen LogP contribution in [0.5, 0.6) is 0 Å². The number of rotatable bonds is 3. The molecule has 0 bridgehead atoms. The minimum absolute atomic E-state index is 0.0446. The molecule has 1 aliphatic heterocycles. The number of hydrogen-bond donors (Lipinski definition) is 1. The van der Waals surface area contributed by atoms with Crippen molar-refractivity contribution in [3.63, 3.8) is 0 Å². The number of non-ortho nitro benzene ring substituents is 1. The summed E-state index contributed by atoms with van der Waals surface area (Å²) in [6.07, 6.45) is 0. The van der Waals surface area contributed by atoms with E-state index in [1.54, 1.807) is 0 Å². The summed E-state index contributed by atoms with van der Waals surface area (Å²) in [5, 5.41) is 18.9. The van der Waals surface area contributed by atoms with Gasteiger partial charge in [0.2, 0.25) is 0 Å². The van der Waals surface area contributed by atoms with Crippen LogP contribution >= 0.6 is 0 Å². The number of hydrogen-bond acceptors (Lipinski definition) is 4. The zero-order valence-corrected chi connectivity index (χ0v) is 7.34. The van der Waals surface area contributed by atoms with Crippen molar-refractivity contribution < 1.29 is 19.6 Å². The Morgan fingerprint density at radius 3 is 2.33 bits per heavy atom. The normalized spacial score (nSPS) is 13.3. The number of carbonyl (C=O) groups is 1. The van der Waals surface area contributed by atoms with Gasteiger partial charge in [-0.1, -0.05) is 0 Å². The van der Waals surface area contributed by atoms with Gasteiger partial charge in [0.05, 0.1) is 4.92 Å². The number of benzene rings is 1. The standard InChI is InChI=1S/C9H5NO5/c11-9(12)8-7(15-8)5-1-3-6(4-2-5)10(13)14/h1-4H,(H,11,12). The van der Waals surface area contributed by atoms with Crippen LogP contribution in [0.25, 0.3) is 5.76 Å². The van der Waals surface area contributed by atoms with Gasteiger partial charge < -0.3 is 9.84 Å². The third kappa shape index (κ3) is 1.64. The van der Waals surface area contributed by atoms with Crippen molar-refractivity contribution in [3.05, 3.63) is 45.7 Å². The van der Waals surface area contributed by atoms with Crippen molar-refractivity contribution in [3.8, 4) is 0 Å². The van der Waals surface area contributed by atoms with E-state index in [0.29, 0.717) is 5.56 Å². The first kappa shape index (κ1) is 9.20. The number of carboxylic acids is 1. The van der Waals surface area contributed by atoms with Crippen molar-refractivity contribution in [1.29, 1.82) is 0 Å². The highest BCUT2D eigenvalue weighted by molar-refractivity contribution is 6.00. The zero-order chi connectivity index (χ0) is 11.0. The monoisotopic (exact) mass is 207 g/mol. The van der Waals surface area contributed by atoms with Gasteiger partial charge in [-0.25, -0.2) is 4.79 Å². The van der Waals surface area contributed by atoms with Crippen LogP contribution < -0.4 is 0 Å². The molecule has 76 valence electrons. The number of nitrogens with zero attached hydrogens (tertiary/aromatic N) is 1. The Morgan fingerprint density at radius 1 is 1.33 bits per heavy atom. The van der Waals surface area contributed by atoms with Crippen molar-refractivity contribution in [2.45, 2.75) is 0 Å². The maximum Gasteiger partial charge on any atom is 0.375 e. The first-order chi connectivity index (χ1) is 7.09. The molecule has 1 N–H and O–H groups in total. The highest BCUT2D eigenvalue weighted by atomic mass is 16.6. The van der Waals surface area contributed by atoms with E-state index in [-0.39, 0.29) is 17.2 Å². The Bertz CT molecular complexity index is 474. The van der Waals surface area contributed by atoms with Crippen LogP contribution in [-0.4, -0.2) is 16.0 Å². The van der Waals surface area contributed by atoms with Crippen LogP contribution in [0.1, 0.15) is 5.56 Å². The van der Waals surface area contributed by atoms with Gasteiger partial charge in [0.25, 0.3) is 11.4 Å². The zero-order valence-electron chi connectivity index (χ0n) is 7.34. The number of carboxylic acid groups (broad SMARTS) is 1. The van der Waals surface area contributed by atoms with Crippen LogP contribution in [-0.2, 0) is 9.53 Å². The third-order valence-electron chi connectivity index (χ3n) is 1.90. The molecule has 0 aliphatic carbocycles. The topological polar surface area (TPSA) is 93.0 Å². The summed E-state index contributed by atoms with van der Waals surface area (Å²) in [6, 6.07) is 5.49. The summed E-state index contributed by atoms with van der Waals surface area (Å²) < 4.78 is 4.73. The molecule has 6 heteroatoms. The van der Waals surface area contributed by atoms with Gasteiger partial charge in [0.1, 0.15) is 0 Å². The molecule has 0 aromatic heterocycles. The van der Waals surface area contributed by atoms with Crippen LogP contribution in [0.4, 0.5) is 5.69 Å². The maximum absolute atomic E-state index is 10.4. The summed E-state index contributed by atoms with van der Waals surface area (Å²) in [5.41, 5.74) is 0.481. The molecule has 1 aliphatic rings. The second-order valence-electron chi connectivity index (χ2n) is 2.87. The summed E-state index contributed by atoms with van der Waals surface area (Å²) in [7, 11) is 0. The fourth-order valence-electron chi connectivity index (χ4n) is 1.14. The van der Waals surface area contributed by atoms with Crippen molar-refractivity contribution in [2.75, 3.05) is 0 Å². The van der Waals surface area contributed by atoms with E-state index >= 15 is 0 Å². The smallest absolute Gasteiger partial charge is 0.375 e. The van der Waals surface area contributed by atoms with Crippen molar-refractivity contribution in [2.24, 2.45) is 0 Å². The molecule has 0 radical (unpaired) electrons. The lowest BCUT2D eigenvalue weighted by Crippen LogP contribution is -1.89. The quantitative estimate of drug-likeness (QED) is 0.596. The molecule has 0 amide bonds. The molecule has 0 unspecified atom stereocenters. The molecule has 1 aromatic rings. The molecular weight excluding hydrogens is 202 g/mol. The highest BCUT2D eigenvalue weighted by Gasteiger charge is 2.33. The summed E-state index contributed by atoms with van der Waals surface area (Å²) in [4.78, 5) is 20.2. The van der Waals surface area contributed by atoms with E-state index in [2.05, 4.69) is 0 Å². The van der Waals surface area contributed by atoms with Gasteiger partial charge in [0, 0.05) is 17.7 Å². The third-order valence-corrected chi connectivity index (χ3v) is 1.90. The second-order valence-corrected chi connectivity index (χ2v) is 2.87. The number of nitro groups is 1. The fourth-order valence-corrected chi connectivity index (χ4v) is 1.14. The molecule has 0 spiro atoms. The Hall–Kier alpha value is -2.37. The van der Waals surface area contributed by atoms with E-state index in [0.717, 1.165) is 0 Å². The van der Waals surface area contributed by atoms with Gasteiger partial charge in [-0.3, -0.25) is 10.1 Å². The largest absolute Gasteiger partial charge is 0.475 e. The van der Waals surface area contributed by atoms with Gasteiger partial charge in [-0.15, -0.1) is 0 Å². The van der Waals surface area contributed by atoms with Crippen molar-refractivity contribution >= 4 is 17.4 Å². The Kier molecular flexibility index (Phi) is 1.89. The summed E-state index contributed by atoms with van der Waals surface area (Å²) >= 11 is 0. The van der Waals surface area contributed by atoms with Gasteiger partial charge in [0.15, 0.2) is 5.76 Å². The minimum atomic E-state index is -1.14. The first-order valence-corrected chi connectivity index (χ1v) is 4.00. The lowest BCUT2D eigenvalue weighted by atomic mass is 10.2. The predicted molar refractivity (Wildman–Crippen MR) is 48.7 cm³/mol. The predicted octanol–water partition coefficient (Wildman–Crippen LogP) is 1.38. The first-order valence-electron chi connectivity index (χ1n) is 4.00. The number of nitro benzene ring substituents is 1. The van der Waals surface area contributed by atoms with Crippen LogP contribution in [0.2, 0.25) is 0 Å². The highest BCUT2D eigenvalue weighted by Crippen LogP contribution is 2.36. The Morgan fingerprint density at radius 2 is 1.93 bits per heavy atom. The molecule has 0 saturated heterocycles. The molecule has 15 heavy (non-hydrogen) atoms. The number of aliphatic carboxylic acids is 1. The summed E-state index contributed by atoms with van der Waals surface area (Å²) in [5.74, 6) is -0.982. The molecule has 1 heterocycles. The average Bonchev–Trinajstić information content (AvgIpc) is 2.97. The number of ether oxygens (including phenoxy) is 1. The fraction of sp³-hybridized carbons (Fsp3) is 0. The molecule has 2 rings (SSSR count). The van der Waals surface area contributed by atoms with Crippen molar-refractivity contribution in [1.82, 2.24) is 0 Å². The van der Waals surface area contributed by atoms with Crippen LogP contribution in [0, 0.1) is 10.1 Å². The second kappa shape index (κ2) is 3.09. The molecule has 0 atom stereocenters. The van der Waals surface area contributed by atoms with Gasteiger partial charge in [-0.05, 0) is 12.1 Å². The summed E-state index contributed by atoms with van der Waals surface area (Å²) in [6.45, 7) is 0. The van der Waals surface area contributed by atoms with Gasteiger partial charge >= 0.3 is 5.97 Å². The lowest BCUT2D eigenvalue weighted by Gasteiger charge is -1.91. The van der Waals surface area contributed by atoms with Gasteiger partial charge in [-0.2, -0.15) is 0 Å². The molecule has 1 aromatic carbocycles. The Labute approximate surface area is 83.6 Å².